The molecule has 0 atom stereocenters. The lowest BCUT2D eigenvalue weighted by Gasteiger charge is -2.35. The number of amides is 5. The summed E-state index contributed by atoms with van der Waals surface area (Å²) in [5, 5.41) is 9.09. The molecule has 0 aliphatic carbocycles. The quantitative estimate of drug-likeness (QED) is 0.0958. The highest BCUT2D eigenvalue weighted by atomic mass is 16.2. The fraction of sp³-hybridized carbons (Fsp3) is 0.326. The van der Waals surface area contributed by atoms with Crippen molar-refractivity contribution in [2.75, 3.05) is 5.32 Å². The number of imide groups is 2. The summed E-state index contributed by atoms with van der Waals surface area (Å²) in [5.74, 6) is -1.51. The highest BCUT2D eigenvalue weighted by Gasteiger charge is 2.41. The molecular weight excluding hydrogens is 675 g/mol. The lowest BCUT2D eigenvalue weighted by molar-refractivity contribution is -0.114. The van der Waals surface area contributed by atoms with Gasteiger partial charge < -0.3 is 5.32 Å². The third kappa shape index (κ3) is 4.84. The first-order chi connectivity index (χ1) is 25.8. The van der Waals surface area contributed by atoms with Crippen molar-refractivity contribution in [3.63, 3.8) is 0 Å². The van der Waals surface area contributed by atoms with E-state index in [0.29, 0.717) is 75.5 Å². The third-order valence-corrected chi connectivity index (χ3v) is 11.9. The highest BCUT2D eigenvalue weighted by Crippen LogP contribution is 2.50. The molecule has 0 saturated carbocycles. The number of nitrogens with one attached hydrogen (secondary N) is 1. The van der Waals surface area contributed by atoms with Crippen molar-refractivity contribution >= 4 is 78.3 Å². The van der Waals surface area contributed by atoms with Crippen LogP contribution in [0.3, 0.4) is 0 Å². The lowest BCUT2D eigenvalue weighted by atomic mass is 9.78. The molecule has 8 heteroatoms. The molecule has 0 fully saturated rings. The summed E-state index contributed by atoms with van der Waals surface area (Å²) in [6.07, 6.45) is 2.55. The van der Waals surface area contributed by atoms with Crippen LogP contribution < -0.4 is 5.32 Å². The van der Waals surface area contributed by atoms with Crippen LogP contribution in [0.15, 0.2) is 60.7 Å². The molecule has 0 aromatic heterocycles. The van der Waals surface area contributed by atoms with Gasteiger partial charge in [0.15, 0.2) is 0 Å². The maximum Gasteiger partial charge on any atom is 0.262 e. The Morgan fingerprint density at radius 1 is 0.556 bits per heavy atom. The molecule has 0 saturated heterocycles. The van der Waals surface area contributed by atoms with E-state index < -0.39 is 0 Å². The zero-order chi connectivity index (χ0) is 38.5. The van der Waals surface area contributed by atoms with Gasteiger partial charge in [-0.25, -0.2) is 0 Å². The van der Waals surface area contributed by atoms with Crippen molar-refractivity contribution in [2.45, 2.75) is 98.6 Å². The molecule has 0 radical (unpaired) electrons. The number of rotatable bonds is 8. The standard InChI is InChI=1S/C46H45N3O5/c1-9-25(10-2)48-42(51)30-17-14-27-28-15-19-32-40-38(28)34(29-16-18-31(43(48)52)39(30)37(27)29)22-35(41(40)45(54)49(44(32)53)26(11-3)12-4)33-21-24(46(6,7)8)13-20-36(33)47-23(5)50/h13-22,25-26H,9-12H2,1-8H3,(H,47,50). The second-order valence-electron chi connectivity index (χ2n) is 15.9. The second-order valence-corrected chi connectivity index (χ2v) is 15.9. The fourth-order valence-electron chi connectivity index (χ4n) is 9.11. The molecule has 2 heterocycles. The van der Waals surface area contributed by atoms with Crippen molar-refractivity contribution in [1.82, 2.24) is 9.80 Å². The van der Waals surface area contributed by atoms with Crippen molar-refractivity contribution in [3.05, 3.63) is 88.5 Å². The Hall–Kier alpha value is -5.63. The van der Waals surface area contributed by atoms with E-state index in [0.717, 1.165) is 37.9 Å². The summed E-state index contributed by atoms with van der Waals surface area (Å²) >= 11 is 0. The SMILES string of the molecule is CCC(CC)N1C(=O)c2ccc3c4ccc5c6c(c(-c7cc(C(C)(C)C)ccc7NC(C)=O)cc(c7ccc(c2c37)C1=O)c64)C(=O)N(C(CC)CC)C5=O. The molecule has 2 aliphatic heterocycles. The molecule has 0 spiro atoms. The van der Waals surface area contributed by atoms with E-state index >= 15 is 4.79 Å². The van der Waals surface area contributed by atoms with Crippen LogP contribution in [0.1, 0.15) is 128 Å². The van der Waals surface area contributed by atoms with Gasteiger partial charge in [0.05, 0.1) is 5.56 Å². The first kappa shape index (κ1) is 35.4. The van der Waals surface area contributed by atoms with Gasteiger partial charge in [-0.3, -0.25) is 33.8 Å². The number of carbonyl (C=O) groups is 5. The maximum atomic E-state index is 15.0. The first-order valence-corrected chi connectivity index (χ1v) is 19.2. The zero-order valence-corrected chi connectivity index (χ0v) is 32.2. The van der Waals surface area contributed by atoms with Gasteiger partial charge in [0.25, 0.3) is 23.6 Å². The van der Waals surface area contributed by atoms with Gasteiger partial charge >= 0.3 is 0 Å². The predicted molar refractivity (Wildman–Crippen MR) is 216 cm³/mol. The molecule has 8 rings (SSSR count). The van der Waals surface area contributed by atoms with E-state index in [2.05, 4.69) is 26.1 Å². The minimum Gasteiger partial charge on any atom is -0.326 e. The van der Waals surface area contributed by atoms with Gasteiger partial charge in [0.1, 0.15) is 0 Å². The Bertz CT molecular complexity index is 2620. The Labute approximate surface area is 314 Å². The van der Waals surface area contributed by atoms with E-state index in [9.17, 15) is 19.2 Å². The summed E-state index contributed by atoms with van der Waals surface area (Å²) < 4.78 is 0. The van der Waals surface area contributed by atoms with Crippen molar-refractivity contribution in [1.29, 1.82) is 0 Å². The molecule has 1 N–H and O–H groups in total. The van der Waals surface area contributed by atoms with Gasteiger partial charge in [-0.1, -0.05) is 72.7 Å². The topological polar surface area (TPSA) is 104 Å². The molecule has 6 aromatic carbocycles. The van der Waals surface area contributed by atoms with Crippen LogP contribution >= 0.6 is 0 Å². The number of hydrogen-bond donors (Lipinski definition) is 1. The monoisotopic (exact) mass is 719 g/mol. The number of nitrogens with zero attached hydrogens (tertiary/aromatic N) is 2. The molecule has 0 bridgehead atoms. The summed E-state index contributed by atoms with van der Waals surface area (Å²) in [4.78, 5) is 73.3. The van der Waals surface area contributed by atoms with E-state index in [-0.39, 0.29) is 47.0 Å². The maximum absolute atomic E-state index is 15.0. The zero-order valence-electron chi connectivity index (χ0n) is 32.2. The smallest absolute Gasteiger partial charge is 0.262 e. The molecule has 54 heavy (non-hydrogen) atoms. The predicted octanol–water partition coefficient (Wildman–Crippen LogP) is 10.2. The number of carbonyl (C=O) groups excluding carboxylic acids is 5. The molecule has 8 nitrogen and oxygen atoms in total. The first-order valence-electron chi connectivity index (χ1n) is 19.2. The van der Waals surface area contributed by atoms with Crippen LogP contribution in [0, 0.1) is 0 Å². The summed E-state index contributed by atoms with van der Waals surface area (Å²) in [6.45, 7) is 15.8. The van der Waals surface area contributed by atoms with Gasteiger partial charge in [0, 0.05) is 57.7 Å². The Balaban J connectivity index is 1.56. The molecule has 6 aromatic rings. The summed E-state index contributed by atoms with van der Waals surface area (Å²) in [7, 11) is 0. The van der Waals surface area contributed by atoms with Gasteiger partial charge in [-0.2, -0.15) is 0 Å². The van der Waals surface area contributed by atoms with E-state index in [1.165, 1.54) is 16.7 Å². The molecule has 0 unspecified atom stereocenters. The average Bonchev–Trinajstić information content (AvgIpc) is 3.14. The minimum atomic E-state index is -0.358. The highest BCUT2D eigenvalue weighted by molar-refractivity contribution is 6.42. The van der Waals surface area contributed by atoms with Crippen LogP contribution in [0.2, 0.25) is 0 Å². The number of fused-ring (bicyclic) bond motifs is 2. The van der Waals surface area contributed by atoms with Crippen molar-refractivity contribution in [3.8, 4) is 11.1 Å². The summed E-state index contributed by atoms with van der Waals surface area (Å²) in [5.41, 5.74) is 4.46. The largest absolute Gasteiger partial charge is 0.326 e. The normalized spacial score (nSPS) is 14.7. The number of benzene rings is 6. The van der Waals surface area contributed by atoms with Crippen LogP contribution in [-0.2, 0) is 10.2 Å². The summed E-state index contributed by atoms with van der Waals surface area (Å²) in [6, 6.07) is 18.7. The van der Waals surface area contributed by atoms with Gasteiger partial charge in [0.2, 0.25) is 5.91 Å². The Morgan fingerprint density at radius 3 is 1.50 bits per heavy atom. The Morgan fingerprint density at radius 2 is 1.02 bits per heavy atom. The van der Waals surface area contributed by atoms with Gasteiger partial charge in [-0.15, -0.1) is 0 Å². The molecular formula is C46H45N3O5. The molecule has 2 aliphatic rings. The van der Waals surface area contributed by atoms with Crippen molar-refractivity contribution in [2.24, 2.45) is 0 Å². The average molecular weight is 720 g/mol. The number of anilines is 1. The second kappa shape index (κ2) is 12.5. The minimum absolute atomic E-state index is 0.212. The van der Waals surface area contributed by atoms with Crippen LogP contribution in [-0.4, -0.2) is 51.4 Å². The van der Waals surface area contributed by atoms with Crippen molar-refractivity contribution < 1.29 is 24.0 Å². The number of hydrogen-bond acceptors (Lipinski definition) is 5. The fourth-order valence-corrected chi connectivity index (χ4v) is 9.11. The third-order valence-electron chi connectivity index (χ3n) is 11.9. The molecule has 5 amide bonds. The Kier molecular flexibility index (Phi) is 8.18. The van der Waals surface area contributed by atoms with E-state index in [1.807, 2.05) is 88.4 Å². The van der Waals surface area contributed by atoms with Crippen LogP contribution in [0.25, 0.3) is 54.2 Å². The van der Waals surface area contributed by atoms with Gasteiger partial charge in [-0.05, 0) is 111 Å². The van der Waals surface area contributed by atoms with Crippen LogP contribution in [0.5, 0.6) is 0 Å². The van der Waals surface area contributed by atoms with Crippen LogP contribution in [0.4, 0.5) is 5.69 Å². The van der Waals surface area contributed by atoms with E-state index in [4.69, 9.17) is 0 Å². The molecule has 274 valence electrons. The lowest BCUT2D eigenvalue weighted by Crippen LogP contribution is -2.47. The van der Waals surface area contributed by atoms with E-state index in [1.54, 1.807) is 0 Å².